The SMILES string of the molecule is Cc1ccc(N2N=N[C@@H]3CCCC(=O)[C@@]32N2CCCC2)cc1. The lowest BCUT2D eigenvalue weighted by Crippen LogP contribution is -2.68. The zero-order chi connectivity index (χ0) is 15.2. The van der Waals surface area contributed by atoms with Crippen LogP contribution in [0.15, 0.2) is 34.6 Å². The first-order valence-electron chi connectivity index (χ1n) is 8.29. The Balaban J connectivity index is 1.80. The zero-order valence-electron chi connectivity index (χ0n) is 13.0. The van der Waals surface area contributed by atoms with Crippen LogP contribution in [0.5, 0.6) is 0 Å². The minimum atomic E-state index is -0.663. The number of rotatable bonds is 2. The Labute approximate surface area is 131 Å². The third-order valence-corrected chi connectivity index (χ3v) is 5.23. The minimum absolute atomic E-state index is 0.0202. The Bertz CT molecular complexity index is 606. The van der Waals surface area contributed by atoms with Crippen molar-refractivity contribution in [1.82, 2.24) is 4.90 Å². The number of Topliss-reactive ketones (excluding diaryl/α,β-unsaturated/α-hetero) is 1. The molecule has 5 nitrogen and oxygen atoms in total. The van der Waals surface area contributed by atoms with Crippen LogP contribution in [0.4, 0.5) is 5.69 Å². The molecule has 2 fully saturated rings. The topological polar surface area (TPSA) is 48.3 Å². The number of ketones is 1. The van der Waals surface area contributed by atoms with E-state index < -0.39 is 5.66 Å². The normalized spacial score (nSPS) is 31.8. The van der Waals surface area contributed by atoms with Gasteiger partial charge in [0.05, 0.1) is 5.69 Å². The number of likely N-dealkylation sites (tertiary alicyclic amines) is 1. The van der Waals surface area contributed by atoms with Crippen LogP contribution in [0.2, 0.25) is 0 Å². The van der Waals surface area contributed by atoms with Crippen LogP contribution in [-0.4, -0.2) is 35.5 Å². The molecule has 116 valence electrons. The Morgan fingerprint density at radius 2 is 1.86 bits per heavy atom. The van der Waals surface area contributed by atoms with Gasteiger partial charge in [0.15, 0.2) is 11.4 Å². The maximum atomic E-state index is 13.0. The average molecular weight is 298 g/mol. The first-order chi connectivity index (χ1) is 10.7. The van der Waals surface area contributed by atoms with Crippen LogP contribution >= 0.6 is 0 Å². The van der Waals surface area contributed by atoms with Crippen LogP contribution in [0.3, 0.4) is 0 Å². The molecule has 0 N–H and O–H groups in total. The second kappa shape index (κ2) is 5.16. The standard InChI is InChI=1S/C17H22N4O/c1-13-7-9-14(10-8-13)21-17(20-11-2-3-12-20)15(18-19-21)5-4-6-16(17)22/h7-10,15H,2-6,11-12H2,1H3/t15-,17-/m1/s1. The number of hydrogen-bond acceptors (Lipinski definition) is 5. The van der Waals surface area contributed by atoms with E-state index >= 15 is 0 Å². The number of benzene rings is 1. The molecule has 1 aromatic carbocycles. The first-order valence-corrected chi connectivity index (χ1v) is 8.29. The van der Waals surface area contributed by atoms with Crippen molar-refractivity contribution in [2.24, 2.45) is 10.3 Å². The van der Waals surface area contributed by atoms with Gasteiger partial charge in [-0.25, -0.2) is 5.01 Å². The van der Waals surface area contributed by atoms with Crippen molar-refractivity contribution in [2.45, 2.75) is 50.7 Å². The summed E-state index contributed by atoms with van der Waals surface area (Å²) >= 11 is 0. The minimum Gasteiger partial charge on any atom is -0.295 e. The van der Waals surface area contributed by atoms with E-state index in [0.29, 0.717) is 6.42 Å². The van der Waals surface area contributed by atoms with E-state index in [2.05, 4.69) is 46.4 Å². The lowest BCUT2D eigenvalue weighted by Gasteiger charge is -2.46. The molecule has 1 saturated carbocycles. The quantitative estimate of drug-likeness (QED) is 0.843. The summed E-state index contributed by atoms with van der Waals surface area (Å²) in [6.45, 7) is 4.01. The van der Waals surface area contributed by atoms with Gasteiger partial charge in [0, 0.05) is 19.5 Å². The molecule has 2 aliphatic heterocycles. The fourth-order valence-corrected chi connectivity index (χ4v) is 4.12. The van der Waals surface area contributed by atoms with Crippen molar-refractivity contribution in [3.63, 3.8) is 0 Å². The summed E-state index contributed by atoms with van der Waals surface area (Å²) in [7, 11) is 0. The molecule has 1 aliphatic carbocycles. The van der Waals surface area contributed by atoms with Gasteiger partial charge in [-0.2, -0.15) is 5.11 Å². The maximum absolute atomic E-state index is 13.0. The fourth-order valence-electron chi connectivity index (χ4n) is 4.12. The molecule has 0 unspecified atom stereocenters. The number of aryl methyl sites for hydroxylation is 1. The molecule has 0 aromatic heterocycles. The molecule has 0 amide bonds. The number of carbonyl (C=O) groups excluding carboxylic acids is 1. The molecule has 1 aromatic rings. The predicted octanol–water partition coefficient (Wildman–Crippen LogP) is 3.10. The van der Waals surface area contributed by atoms with E-state index in [0.717, 1.165) is 44.5 Å². The summed E-state index contributed by atoms with van der Waals surface area (Å²) in [5, 5.41) is 10.8. The Morgan fingerprint density at radius 1 is 1.14 bits per heavy atom. The van der Waals surface area contributed by atoms with Crippen LogP contribution in [0.25, 0.3) is 0 Å². The van der Waals surface area contributed by atoms with Gasteiger partial charge >= 0.3 is 0 Å². The highest BCUT2D eigenvalue weighted by molar-refractivity contribution is 5.93. The Morgan fingerprint density at radius 3 is 2.59 bits per heavy atom. The van der Waals surface area contributed by atoms with E-state index in [9.17, 15) is 4.79 Å². The number of nitrogens with zero attached hydrogens (tertiary/aromatic N) is 4. The molecule has 1 saturated heterocycles. The van der Waals surface area contributed by atoms with Gasteiger partial charge in [-0.05, 0) is 44.7 Å². The molecular formula is C17H22N4O. The maximum Gasteiger partial charge on any atom is 0.200 e. The molecule has 5 heteroatoms. The number of carbonyl (C=O) groups is 1. The first kappa shape index (κ1) is 13.9. The van der Waals surface area contributed by atoms with Crippen molar-refractivity contribution in [3.8, 4) is 0 Å². The molecule has 0 radical (unpaired) electrons. The third kappa shape index (κ3) is 1.85. The summed E-state index contributed by atoms with van der Waals surface area (Å²) in [4.78, 5) is 15.4. The van der Waals surface area contributed by atoms with Gasteiger partial charge in [-0.3, -0.25) is 9.69 Å². The smallest absolute Gasteiger partial charge is 0.200 e. The van der Waals surface area contributed by atoms with Gasteiger partial charge in [0.2, 0.25) is 0 Å². The van der Waals surface area contributed by atoms with E-state index in [1.807, 2.05) is 5.01 Å². The van der Waals surface area contributed by atoms with Crippen LogP contribution in [0.1, 0.15) is 37.7 Å². The van der Waals surface area contributed by atoms with E-state index in [1.165, 1.54) is 5.56 Å². The lowest BCUT2D eigenvalue weighted by molar-refractivity contribution is -0.133. The second-order valence-corrected chi connectivity index (χ2v) is 6.60. The monoisotopic (exact) mass is 298 g/mol. The van der Waals surface area contributed by atoms with Gasteiger partial charge < -0.3 is 0 Å². The summed E-state index contributed by atoms with van der Waals surface area (Å²) in [5.41, 5.74) is 1.52. The van der Waals surface area contributed by atoms with Crippen LogP contribution in [-0.2, 0) is 4.79 Å². The van der Waals surface area contributed by atoms with Gasteiger partial charge in [0.25, 0.3) is 0 Å². The molecule has 0 bridgehead atoms. The lowest BCUT2D eigenvalue weighted by atomic mass is 9.81. The molecule has 2 atom stereocenters. The molecule has 0 spiro atoms. The Hall–Kier alpha value is -1.75. The molecule has 4 rings (SSSR count). The van der Waals surface area contributed by atoms with Crippen LogP contribution < -0.4 is 5.01 Å². The summed E-state index contributed by atoms with van der Waals surface area (Å²) < 4.78 is 0. The molecule has 2 heterocycles. The molecule has 3 aliphatic rings. The van der Waals surface area contributed by atoms with Crippen LogP contribution in [0, 0.1) is 6.92 Å². The molecule has 22 heavy (non-hydrogen) atoms. The van der Waals surface area contributed by atoms with Crippen molar-refractivity contribution >= 4 is 11.5 Å². The van der Waals surface area contributed by atoms with E-state index in [-0.39, 0.29) is 11.8 Å². The van der Waals surface area contributed by atoms with Gasteiger partial charge in [-0.15, -0.1) is 0 Å². The van der Waals surface area contributed by atoms with Gasteiger partial charge in [-0.1, -0.05) is 22.9 Å². The number of hydrogen-bond donors (Lipinski definition) is 0. The average Bonchev–Trinajstić information content (AvgIpc) is 3.16. The highest BCUT2D eigenvalue weighted by Gasteiger charge is 2.60. The fraction of sp³-hybridized carbons (Fsp3) is 0.588. The number of fused-ring (bicyclic) bond motifs is 1. The van der Waals surface area contributed by atoms with Crippen molar-refractivity contribution in [2.75, 3.05) is 18.1 Å². The van der Waals surface area contributed by atoms with Crippen molar-refractivity contribution in [1.29, 1.82) is 0 Å². The highest BCUT2D eigenvalue weighted by atomic mass is 16.1. The second-order valence-electron chi connectivity index (χ2n) is 6.60. The van der Waals surface area contributed by atoms with E-state index in [1.54, 1.807) is 0 Å². The predicted molar refractivity (Wildman–Crippen MR) is 84.7 cm³/mol. The van der Waals surface area contributed by atoms with Crippen molar-refractivity contribution < 1.29 is 4.79 Å². The third-order valence-electron chi connectivity index (χ3n) is 5.23. The largest absolute Gasteiger partial charge is 0.295 e. The zero-order valence-corrected chi connectivity index (χ0v) is 13.0. The van der Waals surface area contributed by atoms with Crippen molar-refractivity contribution in [3.05, 3.63) is 29.8 Å². The summed E-state index contributed by atoms with van der Waals surface area (Å²) in [5.74, 6) is 0.288. The number of anilines is 1. The highest BCUT2D eigenvalue weighted by Crippen LogP contribution is 2.44. The molecular weight excluding hydrogens is 276 g/mol. The summed E-state index contributed by atoms with van der Waals surface area (Å²) in [6.07, 6.45) is 4.83. The Kier molecular flexibility index (Phi) is 3.26. The van der Waals surface area contributed by atoms with E-state index in [4.69, 9.17) is 0 Å². The van der Waals surface area contributed by atoms with Gasteiger partial charge in [0.1, 0.15) is 6.04 Å². The summed E-state index contributed by atoms with van der Waals surface area (Å²) in [6, 6.07) is 8.23.